The highest BCUT2D eigenvalue weighted by Crippen LogP contribution is 2.16. The number of nitrogens with one attached hydrogen (secondary N) is 1. The number of anilines is 1. The first-order valence-electron chi connectivity index (χ1n) is 6.34. The molecule has 0 aromatic carbocycles. The van der Waals surface area contributed by atoms with Gasteiger partial charge in [0.25, 0.3) is 0 Å². The minimum Gasteiger partial charge on any atom is -0.353 e. The monoisotopic (exact) mass is 223 g/mol. The number of hydrogen-bond acceptors (Lipinski definition) is 2. The molecule has 16 heavy (non-hydrogen) atoms. The highest BCUT2D eigenvalue weighted by Gasteiger charge is 2.11. The molecule has 1 aromatic heterocycles. The van der Waals surface area contributed by atoms with Gasteiger partial charge in [-0.05, 0) is 33.1 Å². The molecule has 2 atom stereocenters. The van der Waals surface area contributed by atoms with Crippen molar-refractivity contribution in [3.63, 3.8) is 0 Å². The van der Waals surface area contributed by atoms with E-state index in [1.807, 2.05) is 12.4 Å². The van der Waals surface area contributed by atoms with Crippen molar-refractivity contribution in [2.24, 2.45) is 5.92 Å². The van der Waals surface area contributed by atoms with Gasteiger partial charge in [0.1, 0.15) is 0 Å². The number of imidazole rings is 1. The molecule has 3 nitrogen and oxygen atoms in total. The van der Waals surface area contributed by atoms with Crippen molar-refractivity contribution in [2.75, 3.05) is 5.32 Å². The first-order chi connectivity index (χ1) is 7.54. The Hall–Kier alpha value is -0.990. The lowest BCUT2D eigenvalue weighted by Crippen LogP contribution is -2.21. The summed E-state index contributed by atoms with van der Waals surface area (Å²) in [5.74, 6) is 1.76. The molecule has 2 unspecified atom stereocenters. The fourth-order valence-electron chi connectivity index (χ4n) is 1.89. The van der Waals surface area contributed by atoms with Crippen LogP contribution in [0.4, 0.5) is 5.95 Å². The molecule has 0 radical (unpaired) electrons. The summed E-state index contributed by atoms with van der Waals surface area (Å²) in [5, 5.41) is 3.49. The zero-order valence-electron chi connectivity index (χ0n) is 11.2. The van der Waals surface area contributed by atoms with E-state index in [0.717, 1.165) is 11.9 Å². The Morgan fingerprint density at radius 3 is 2.56 bits per heavy atom. The van der Waals surface area contributed by atoms with E-state index in [9.17, 15) is 0 Å². The van der Waals surface area contributed by atoms with E-state index in [1.54, 1.807) is 0 Å². The Labute approximate surface area is 99.3 Å². The molecule has 0 aliphatic heterocycles. The minimum atomic E-state index is 0.459. The summed E-state index contributed by atoms with van der Waals surface area (Å²) in [6, 6.07) is 0.940. The first-order valence-corrected chi connectivity index (χ1v) is 6.34. The molecule has 1 aromatic rings. The van der Waals surface area contributed by atoms with Gasteiger partial charge in [0, 0.05) is 24.5 Å². The number of hydrogen-bond donors (Lipinski definition) is 1. The topological polar surface area (TPSA) is 29.9 Å². The molecule has 0 bridgehead atoms. The molecular formula is C13H25N3. The fourth-order valence-corrected chi connectivity index (χ4v) is 1.89. The minimum absolute atomic E-state index is 0.459. The first kappa shape index (κ1) is 13.1. The normalized spacial score (nSPS) is 15.1. The van der Waals surface area contributed by atoms with Crippen LogP contribution in [0.1, 0.15) is 53.5 Å². The maximum atomic E-state index is 4.36. The van der Waals surface area contributed by atoms with Crippen LogP contribution in [-0.2, 0) is 0 Å². The molecule has 1 rings (SSSR count). The van der Waals surface area contributed by atoms with Gasteiger partial charge in [0.2, 0.25) is 5.95 Å². The number of nitrogens with zero attached hydrogens (tertiary/aromatic N) is 2. The van der Waals surface area contributed by atoms with Gasteiger partial charge in [-0.15, -0.1) is 0 Å². The fraction of sp³-hybridized carbons (Fsp3) is 0.769. The van der Waals surface area contributed by atoms with Gasteiger partial charge in [-0.2, -0.15) is 0 Å². The smallest absolute Gasteiger partial charge is 0.203 e. The molecule has 0 saturated heterocycles. The summed E-state index contributed by atoms with van der Waals surface area (Å²) in [6.45, 7) is 11.1. The molecule has 0 fully saturated rings. The second-order valence-corrected chi connectivity index (χ2v) is 5.05. The summed E-state index contributed by atoms with van der Waals surface area (Å²) in [7, 11) is 0. The Kier molecular flexibility index (Phi) is 4.84. The molecule has 92 valence electrons. The van der Waals surface area contributed by atoms with Gasteiger partial charge in [0.15, 0.2) is 0 Å². The zero-order valence-corrected chi connectivity index (χ0v) is 11.2. The summed E-state index contributed by atoms with van der Waals surface area (Å²) in [4.78, 5) is 4.36. The number of aromatic nitrogens is 2. The molecule has 0 saturated carbocycles. The van der Waals surface area contributed by atoms with Crippen LogP contribution in [0, 0.1) is 5.92 Å². The van der Waals surface area contributed by atoms with E-state index in [2.05, 4.69) is 49.5 Å². The van der Waals surface area contributed by atoms with Crippen molar-refractivity contribution in [2.45, 2.75) is 59.5 Å². The third kappa shape index (κ3) is 3.54. The highest BCUT2D eigenvalue weighted by atomic mass is 15.2. The number of rotatable bonds is 6. The van der Waals surface area contributed by atoms with E-state index in [4.69, 9.17) is 0 Å². The van der Waals surface area contributed by atoms with Crippen LogP contribution in [0.5, 0.6) is 0 Å². The molecule has 3 heteroatoms. The van der Waals surface area contributed by atoms with Crippen LogP contribution in [0.15, 0.2) is 12.4 Å². The molecule has 1 heterocycles. The molecular weight excluding hydrogens is 198 g/mol. The second kappa shape index (κ2) is 5.92. The molecule has 0 amide bonds. The van der Waals surface area contributed by atoms with Gasteiger partial charge in [-0.1, -0.05) is 20.3 Å². The van der Waals surface area contributed by atoms with E-state index in [0.29, 0.717) is 12.1 Å². The van der Waals surface area contributed by atoms with Gasteiger partial charge in [-0.25, -0.2) is 4.98 Å². The predicted octanol–water partition coefficient (Wildman–Crippen LogP) is 3.70. The van der Waals surface area contributed by atoms with Crippen molar-refractivity contribution in [3.05, 3.63) is 12.4 Å². The van der Waals surface area contributed by atoms with Crippen LogP contribution < -0.4 is 5.32 Å². The summed E-state index contributed by atoms with van der Waals surface area (Å²) in [6.07, 6.45) is 6.33. The molecule has 1 N–H and O–H groups in total. The average molecular weight is 223 g/mol. The van der Waals surface area contributed by atoms with Crippen LogP contribution in [-0.4, -0.2) is 15.6 Å². The lowest BCUT2D eigenvalue weighted by molar-refractivity contribution is 0.479. The zero-order chi connectivity index (χ0) is 12.1. The average Bonchev–Trinajstić information content (AvgIpc) is 2.65. The molecule has 0 aliphatic carbocycles. The van der Waals surface area contributed by atoms with E-state index >= 15 is 0 Å². The Morgan fingerprint density at radius 1 is 1.31 bits per heavy atom. The largest absolute Gasteiger partial charge is 0.353 e. The van der Waals surface area contributed by atoms with E-state index < -0.39 is 0 Å². The summed E-state index contributed by atoms with van der Waals surface area (Å²) in [5.41, 5.74) is 0. The van der Waals surface area contributed by atoms with Crippen LogP contribution in [0.3, 0.4) is 0 Å². The third-order valence-electron chi connectivity index (χ3n) is 3.05. The maximum absolute atomic E-state index is 4.36. The molecule has 0 aliphatic rings. The SMILES string of the molecule is CCC(C)CC(C)Nc1nccn1C(C)C. The van der Waals surface area contributed by atoms with E-state index in [-0.39, 0.29) is 0 Å². The van der Waals surface area contributed by atoms with Gasteiger partial charge >= 0.3 is 0 Å². The standard InChI is InChI=1S/C13H25N3/c1-6-11(4)9-12(5)15-13-14-7-8-16(13)10(2)3/h7-8,10-12H,6,9H2,1-5H3,(H,14,15). The van der Waals surface area contributed by atoms with Crippen LogP contribution in [0.2, 0.25) is 0 Å². The summed E-state index contributed by atoms with van der Waals surface area (Å²) < 4.78 is 2.17. The Morgan fingerprint density at radius 2 is 2.00 bits per heavy atom. The highest BCUT2D eigenvalue weighted by molar-refractivity contribution is 5.27. The second-order valence-electron chi connectivity index (χ2n) is 5.05. The van der Waals surface area contributed by atoms with Crippen molar-refractivity contribution in [1.29, 1.82) is 0 Å². The van der Waals surface area contributed by atoms with Crippen molar-refractivity contribution >= 4 is 5.95 Å². The third-order valence-corrected chi connectivity index (χ3v) is 3.05. The predicted molar refractivity (Wildman–Crippen MR) is 69.8 cm³/mol. The molecule has 0 spiro atoms. The van der Waals surface area contributed by atoms with Crippen molar-refractivity contribution < 1.29 is 0 Å². The van der Waals surface area contributed by atoms with Crippen molar-refractivity contribution in [3.8, 4) is 0 Å². The lowest BCUT2D eigenvalue weighted by Gasteiger charge is -2.20. The Balaban J connectivity index is 2.55. The van der Waals surface area contributed by atoms with Crippen molar-refractivity contribution in [1.82, 2.24) is 9.55 Å². The summed E-state index contributed by atoms with van der Waals surface area (Å²) >= 11 is 0. The maximum Gasteiger partial charge on any atom is 0.203 e. The Bertz CT molecular complexity index is 304. The van der Waals surface area contributed by atoms with Gasteiger partial charge in [-0.3, -0.25) is 0 Å². The lowest BCUT2D eigenvalue weighted by atomic mass is 10.0. The van der Waals surface area contributed by atoms with E-state index in [1.165, 1.54) is 12.8 Å². The van der Waals surface area contributed by atoms with Gasteiger partial charge in [0.05, 0.1) is 0 Å². The van der Waals surface area contributed by atoms with Crippen LogP contribution >= 0.6 is 0 Å². The quantitative estimate of drug-likeness (QED) is 0.797. The van der Waals surface area contributed by atoms with Gasteiger partial charge < -0.3 is 9.88 Å². The van der Waals surface area contributed by atoms with Crippen LogP contribution in [0.25, 0.3) is 0 Å².